The van der Waals surface area contributed by atoms with Crippen LogP contribution in [0.15, 0.2) is 0 Å². The minimum atomic E-state index is -0.255. The summed E-state index contributed by atoms with van der Waals surface area (Å²) in [4.78, 5) is 11.7. The van der Waals surface area contributed by atoms with Crippen LogP contribution in [0.5, 0.6) is 0 Å². The summed E-state index contributed by atoms with van der Waals surface area (Å²) in [6.45, 7) is 7.99. The average Bonchev–Trinajstić information content (AvgIpc) is 2.14. The zero-order valence-electron chi connectivity index (χ0n) is 9.69. The van der Waals surface area contributed by atoms with Gasteiger partial charge in [-0.05, 0) is 26.2 Å². The van der Waals surface area contributed by atoms with Gasteiger partial charge in [0, 0.05) is 17.3 Å². The van der Waals surface area contributed by atoms with Crippen LogP contribution in [-0.2, 0) is 4.79 Å². The van der Waals surface area contributed by atoms with Crippen LogP contribution in [0.25, 0.3) is 0 Å². The van der Waals surface area contributed by atoms with Crippen LogP contribution in [0.4, 0.5) is 0 Å². The lowest BCUT2D eigenvalue weighted by Gasteiger charge is -2.24. The Hall–Kier alpha value is -0.240. The Kier molecular flexibility index (Phi) is 6.17. The van der Waals surface area contributed by atoms with Crippen LogP contribution in [0, 0.1) is 5.41 Å². The van der Waals surface area contributed by atoms with Gasteiger partial charge in [-0.3, -0.25) is 4.79 Å². The number of amides is 1. The predicted octanol–water partition coefficient (Wildman–Crippen LogP) is 2.95. The van der Waals surface area contributed by atoms with Crippen molar-refractivity contribution in [3.05, 3.63) is 0 Å². The lowest BCUT2D eigenvalue weighted by Crippen LogP contribution is -2.41. The Morgan fingerprint density at radius 3 is 2.50 bits per heavy atom. The molecule has 0 aromatic heterocycles. The molecule has 1 amide bonds. The van der Waals surface area contributed by atoms with Crippen molar-refractivity contribution in [2.45, 2.75) is 53.0 Å². The number of rotatable bonds is 6. The second kappa shape index (κ2) is 6.28. The highest BCUT2D eigenvalue weighted by atomic mass is 35.5. The van der Waals surface area contributed by atoms with Crippen molar-refractivity contribution in [1.82, 2.24) is 5.32 Å². The number of carbonyl (C=O) groups is 1. The molecule has 0 saturated carbocycles. The number of alkyl halides is 1. The molecule has 1 unspecified atom stereocenters. The number of hydrogen-bond donors (Lipinski definition) is 1. The summed E-state index contributed by atoms with van der Waals surface area (Å²) in [5.74, 6) is 0.805. The molecule has 0 aliphatic rings. The van der Waals surface area contributed by atoms with E-state index in [-0.39, 0.29) is 17.4 Å². The highest BCUT2D eigenvalue weighted by molar-refractivity contribution is 6.17. The van der Waals surface area contributed by atoms with Gasteiger partial charge in [0.25, 0.3) is 0 Å². The zero-order valence-corrected chi connectivity index (χ0v) is 10.4. The fraction of sp³-hybridized carbons (Fsp3) is 0.909. The molecule has 0 fully saturated rings. The van der Waals surface area contributed by atoms with Gasteiger partial charge in [-0.2, -0.15) is 0 Å². The van der Waals surface area contributed by atoms with E-state index >= 15 is 0 Å². The van der Waals surface area contributed by atoms with E-state index in [1.807, 2.05) is 27.7 Å². The van der Waals surface area contributed by atoms with Crippen LogP contribution in [-0.4, -0.2) is 17.8 Å². The first-order chi connectivity index (χ1) is 6.44. The Balaban J connectivity index is 3.93. The molecule has 0 aliphatic heterocycles. The molecule has 0 aromatic carbocycles. The molecule has 0 saturated heterocycles. The van der Waals surface area contributed by atoms with Crippen molar-refractivity contribution in [1.29, 1.82) is 0 Å². The number of carbonyl (C=O) groups excluding carboxylic acids is 1. The first kappa shape index (κ1) is 13.8. The number of hydrogen-bond acceptors (Lipinski definition) is 1. The summed E-state index contributed by atoms with van der Waals surface area (Å²) in [7, 11) is 0. The molecular weight excluding hydrogens is 198 g/mol. The Bertz CT molecular complexity index is 180. The summed E-state index contributed by atoms with van der Waals surface area (Å²) in [6.07, 6.45) is 2.77. The van der Waals surface area contributed by atoms with E-state index in [0.29, 0.717) is 5.88 Å². The zero-order chi connectivity index (χ0) is 11.2. The molecule has 0 bridgehead atoms. The normalized spacial score (nSPS) is 13.8. The van der Waals surface area contributed by atoms with Crippen molar-refractivity contribution < 1.29 is 4.79 Å². The molecule has 14 heavy (non-hydrogen) atoms. The molecule has 0 radical (unpaired) electrons. The summed E-state index contributed by atoms with van der Waals surface area (Å²) in [6, 6.07) is 0.229. The predicted molar refractivity (Wildman–Crippen MR) is 61.6 cm³/mol. The SMILES string of the molecule is CCC(C)(C)C(=O)NC(C)CCCCl. The summed E-state index contributed by atoms with van der Waals surface area (Å²) in [5.41, 5.74) is -0.255. The average molecular weight is 220 g/mol. The Labute approximate surface area is 92.4 Å². The van der Waals surface area contributed by atoms with Gasteiger partial charge in [-0.15, -0.1) is 11.6 Å². The monoisotopic (exact) mass is 219 g/mol. The summed E-state index contributed by atoms with van der Waals surface area (Å²) < 4.78 is 0. The lowest BCUT2D eigenvalue weighted by molar-refractivity contribution is -0.130. The molecule has 0 spiro atoms. The molecule has 1 N–H and O–H groups in total. The second-order valence-electron chi connectivity index (χ2n) is 4.44. The highest BCUT2D eigenvalue weighted by Gasteiger charge is 2.25. The van der Waals surface area contributed by atoms with E-state index in [1.54, 1.807) is 0 Å². The molecule has 0 rings (SSSR count). The Morgan fingerprint density at radius 2 is 2.07 bits per heavy atom. The lowest BCUT2D eigenvalue weighted by atomic mass is 9.89. The van der Waals surface area contributed by atoms with Crippen LogP contribution >= 0.6 is 11.6 Å². The van der Waals surface area contributed by atoms with Gasteiger partial charge >= 0.3 is 0 Å². The third-order valence-electron chi connectivity index (χ3n) is 2.65. The van der Waals surface area contributed by atoms with E-state index in [0.717, 1.165) is 19.3 Å². The Morgan fingerprint density at radius 1 is 1.50 bits per heavy atom. The van der Waals surface area contributed by atoms with E-state index in [1.165, 1.54) is 0 Å². The maximum absolute atomic E-state index is 11.7. The van der Waals surface area contributed by atoms with Gasteiger partial charge in [0.15, 0.2) is 0 Å². The maximum Gasteiger partial charge on any atom is 0.225 e. The van der Waals surface area contributed by atoms with Gasteiger partial charge < -0.3 is 5.32 Å². The molecule has 0 aromatic rings. The van der Waals surface area contributed by atoms with Crippen molar-refractivity contribution in [2.75, 3.05) is 5.88 Å². The van der Waals surface area contributed by atoms with E-state index in [9.17, 15) is 4.79 Å². The third-order valence-corrected chi connectivity index (χ3v) is 2.91. The van der Waals surface area contributed by atoms with Crippen LogP contribution < -0.4 is 5.32 Å². The quantitative estimate of drug-likeness (QED) is 0.684. The number of halogens is 1. The van der Waals surface area contributed by atoms with Gasteiger partial charge in [0.05, 0.1) is 0 Å². The number of nitrogens with one attached hydrogen (secondary N) is 1. The molecule has 1 atom stereocenters. The van der Waals surface area contributed by atoms with Gasteiger partial charge in [0.1, 0.15) is 0 Å². The first-order valence-electron chi connectivity index (χ1n) is 5.31. The summed E-state index contributed by atoms with van der Waals surface area (Å²) in [5, 5.41) is 3.01. The second-order valence-corrected chi connectivity index (χ2v) is 4.82. The standard InChI is InChI=1S/C11H22ClNO/c1-5-11(3,4)10(14)13-9(2)7-6-8-12/h9H,5-8H2,1-4H3,(H,13,14). The first-order valence-corrected chi connectivity index (χ1v) is 5.84. The van der Waals surface area contributed by atoms with E-state index in [2.05, 4.69) is 5.32 Å². The van der Waals surface area contributed by atoms with E-state index in [4.69, 9.17) is 11.6 Å². The molecule has 3 heteroatoms. The van der Waals surface area contributed by atoms with E-state index < -0.39 is 0 Å². The topological polar surface area (TPSA) is 29.1 Å². The van der Waals surface area contributed by atoms with Crippen molar-refractivity contribution in [3.63, 3.8) is 0 Å². The fourth-order valence-corrected chi connectivity index (χ4v) is 1.19. The van der Waals surface area contributed by atoms with Crippen molar-refractivity contribution in [3.8, 4) is 0 Å². The molecule has 0 heterocycles. The summed E-state index contributed by atoms with van der Waals surface area (Å²) >= 11 is 5.59. The minimum Gasteiger partial charge on any atom is -0.353 e. The highest BCUT2D eigenvalue weighted by Crippen LogP contribution is 2.19. The molecule has 84 valence electrons. The fourth-order valence-electron chi connectivity index (χ4n) is 1.04. The molecule has 0 aliphatic carbocycles. The molecular formula is C11H22ClNO. The smallest absolute Gasteiger partial charge is 0.225 e. The minimum absolute atomic E-state index is 0.141. The van der Waals surface area contributed by atoms with Gasteiger partial charge in [-0.1, -0.05) is 20.8 Å². The third kappa shape index (κ3) is 4.85. The molecule has 2 nitrogen and oxygen atoms in total. The van der Waals surface area contributed by atoms with Crippen LogP contribution in [0.3, 0.4) is 0 Å². The van der Waals surface area contributed by atoms with Crippen molar-refractivity contribution in [2.24, 2.45) is 5.41 Å². The largest absolute Gasteiger partial charge is 0.353 e. The maximum atomic E-state index is 11.7. The van der Waals surface area contributed by atoms with Crippen LogP contribution in [0.2, 0.25) is 0 Å². The van der Waals surface area contributed by atoms with Gasteiger partial charge in [0.2, 0.25) is 5.91 Å². The van der Waals surface area contributed by atoms with Crippen LogP contribution in [0.1, 0.15) is 47.0 Å². The van der Waals surface area contributed by atoms with Crippen molar-refractivity contribution >= 4 is 17.5 Å². The van der Waals surface area contributed by atoms with Gasteiger partial charge in [-0.25, -0.2) is 0 Å².